The Morgan fingerprint density at radius 3 is 0.932 bits per heavy atom. The van der Waals surface area contributed by atoms with Gasteiger partial charge in [-0.15, -0.1) is 0 Å². The third-order valence-corrected chi connectivity index (χ3v) is 9.94. The zero-order valence-corrected chi connectivity index (χ0v) is 30.1. The van der Waals surface area contributed by atoms with E-state index in [0.717, 1.165) is 24.8 Å². The maximum atomic E-state index is 10.6. The number of hydrogen-bond donors (Lipinski definition) is 2. The summed E-state index contributed by atoms with van der Waals surface area (Å²) in [4.78, 5) is 0. The van der Waals surface area contributed by atoms with Crippen LogP contribution in [0.4, 0.5) is 0 Å². The molecule has 0 unspecified atom stereocenters. The van der Waals surface area contributed by atoms with Crippen molar-refractivity contribution < 1.29 is 10.2 Å². The van der Waals surface area contributed by atoms with E-state index in [0.29, 0.717) is 0 Å². The van der Waals surface area contributed by atoms with Gasteiger partial charge < -0.3 is 10.2 Å². The molecule has 0 amide bonds. The van der Waals surface area contributed by atoms with Gasteiger partial charge in [0.05, 0.1) is 0 Å². The fourth-order valence-corrected chi connectivity index (χ4v) is 6.89. The van der Waals surface area contributed by atoms with E-state index in [2.05, 4.69) is 19.9 Å². The van der Waals surface area contributed by atoms with E-state index < -0.39 is 0 Å². The van der Waals surface area contributed by atoms with E-state index in [-0.39, 0.29) is 11.5 Å². The highest BCUT2D eigenvalue weighted by molar-refractivity contribution is 5.49. The molecule has 44 heavy (non-hydrogen) atoms. The first-order chi connectivity index (χ1) is 21.7. The fraction of sp³-hybridized carbons (Fsp3) is 0.857. The predicted molar refractivity (Wildman–Crippen MR) is 196 cm³/mol. The van der Waals surface area contributed by atoms with Crippen molar-refractivity contribution in [2.75, 3.05) is 0 Å². The monoisotopic (exact) mass is 615 g/mol. The van der Waals surface area contributed by atoms with Crippen molar-refractivity contribution >= 4 is 0 Å². The number of rotatable bonds is 34. The number of phenols is 2. The Morgan fingerprint density at radius 1 is 0.341 bits per heavy atom. The van der Waals surface area contributed by atoms with Crippen LogP contribution in [0.3, 0.4) is 0 Å². The predicted octanol–water partition coefficient (Wildman–Crippen LogP) is 14.7. The van der Waals surface area contributed by atoms with E-state index in [1.807, 2.05) is 0 Å². The van der Waals surface area contributed by atoms with Crippen molar-refractivity contribution in [3.05, 3.63) is 23.3 Å². The summed E-state index contributed by atoms with van der Waals surface area (Å²) in [5.74, 6) is 0.187. The van der Waals surface area contributed by atoms with Crippen LogP contribution < -0.4 is 0 Å². The molecule has 2 nitrogen and oxygen atoms in total. The van der Waals surface area contributed by atoms with Crippen molar-refractivity contribution in [3.63, 3.8) is 0 Å². The zero-order valence-electron chi connectivity index (χ0n) is 30.1. The maximum Gasteiger partial charge on any atom is 0.160 e. The lowest BCUT2D eigenvalue weighted by molar-refractivity contribution is 0.397. The first-order valence-electron chi connectivity index (χ1n) is 20.2. The van der Waals surface area contributed by atoms with Crippen LogP contribution in [0.15, 0.2) is 12.1 Å². The molecule has 0 heterocycles. The molecule has 0 bridgehead atoms. The van der Waals surface area contributed by atoms with Crippen LogP contribution in [0.1, 0.15) is 230 Å². The number of hydrogen-bond acceptors (Lipinski definition) is 2. The molecule has 1 aromatic rings. The fourth-order valence-electron chi connectivity index (χ4n) is 6.89. The molecule has 0 atom stereocenters. The highest BCUT2D eigenvalue weighted by Crippen LogP contribution is 2.33. The summed E-state index contributed by atoms with van der Waals surface area (Å²) in [5.41, 5.74) is 2.27. The van der Waals surface area contributed by atoms with Gasteiger partial charge in [0.1, 0.15) is 0 Å². The lowest BCUT2D eigenvalue weighted by Crippen LogP contribution is -1.97. The average molecular weight is 615 g/mol. The Hall–Kier alpha value is -1.18. The van der Waals surface area contributed by atoms with Crippen LogP contribution in [-0.2, 0) is 12.8 Å². The number of aryl methyl sites for hydroxylation is 1. The second-order valence-corrected chi connectivity index (χ2v) is 14.2. The topological polar surface area (TPSA) is 40.5 Å². The first-order valence-corrected chi connectivity index (χ1v) is 20.2. The lowest BCUT2D eigenvalue weighted by Gasteiger charge is -2.13. The van der Waals surface area contributed by atoms with Gasteiger partial charge in [0.2, 0.25) is 0 Å². The van der Waals surface area contributed by atoms with Gasteiger partial charge in [-0.2, -0.15) is 0 Å². The first kappa shape index (κ1) is 40.8. The summed E-state index contributed by atoms with van der Waals surface area (Å²) in [6.45, 7) is 4.59. The molecule has 0 aromatic heterocycles. The minimum Gasteiger partial charge on any atom is -0.504 e. The van der Waals surface area contributed by atoms with Crippen molar-refractivity contribution in [2.24, 2.45) is 0 Å². The lowest BCUT2D eigenvalue weighted by atomic mass is 9.95. The number of phenolic OH excluding ortho intramolecular Hbond substituents is 2. The van der Waals surface area contributed by atoms with Crippen LogP contribution in [0.5, 0.6) is 11.5 Å². The third-order valence-electron chi connectivity index (χ3n) is 9.94. The van der Waals surface area contributed by atoms with Gasteiger partial charge in [-0.1, -0.05) is 213 Å². The van der Waals surface area contributed by atoms with E-state index in [9.17, 15) is 10.2 Å². The molecular formula is C42H78O2. The molecule has 0 saturated carbocycles. The van der Waals surface area contributed by atoms with Gasteiger partial charge in [-0.25, -0.2) is 0 Å². The Morgan fingerprint density at radius 2 is 0.614 bits per heavy atom. The van der Waals surface area contributed by atoms with E-state index >= 15 is 0 Å². The summed E-state index contributed by atoms with van der Waals surface area (Å²) < 4.78 is 0. The molecule has 0 aliphatic carbocycles. The van der Waals surface area contributed by atoms with Crippen molar-refractivity contribution in [3.8, 4) is 11.5 Å². The largest absolute Gasteiger partial charge is 0.504 e. The average Bonchev–Trinajstić information content (AvgIpc) is 3.03. The zero-order chi connectivity index (χ0) is 31.8. The quantitative estimate of drug-likeness (QED) is 0.0599. The third kappa shape index (κ3) is 24.1. The van der Waals surface area contributed by atoms with Crippen LogP contribution >= 0.6 is 0 Å². The second-order valence-electron chi connectivity index (χ2n) is 14.2. The SMILES string of the molecule is CCCCCCCCCCCCCCCCCCc1ccc(O)c(O)c1CCCCCCCCCCCCCCCCCC. The Labute approximate surface area is 276 Å². The maximum absolute atomic E-state index is 10.6. The molecule has 2 N–H and O–H groups in total. The molecule has 0 aliphatic heterocycles. The van der Waals surface area contributed by atoms with E-state index in [4.69, 9.17) is 0 Å². The molecule has 0 aliphatic rings. The molecule has 0 saturated heterocycles. The van der Waals surface area contributed by atoms with Gasteiger partial charge >= 0.3 is 0 Å². The molecule has 1 aromatic carbocycles. The standard InChI is InChI=1S/C42H78O2/c1-3-5-7-9-11-13-15-17-19-21-23-25-27-29-31-33-35-39-37-38-41(43)42(44)40(39)36-34-32-30-28-26-24-22-20-18-16-14-12-10-8-6-4-2/h37-38,43-44H,3-36H2,1-2H3. The molecule has 0 radical (unpaired) electrons. The number of benzene rings is 1. The molecule has 258 valence electrons. The summed E-state index contributed by atoms with van der Waals surface area (Å²) in [5, 5.41) is 20.7. The molecule has 0 spiro atoms. The number of unbranched alkanes of at least 4 members (excludes halogenated alkanes) is 30. The number of aromatic hydroxyl groups is 2. The second kappa shape index (κ2) is 31.8. The van der Waals surface area contributed by atoms with Crippen molar-refractivity contribution in [1.82, 2.24) is 0 Å². The summed E-state index contributed by atoms with van der Waals surface area (Å²) in [7, 11) is 0. The summed E-state index contributed by atoms with van der Waals surface area (Å²) in [6, 6.07) is 3.75. The summed E-state index contributed by atoms with van der Waals surface area (Å²) >= 11 is 0. The van der Waals surface area contributed by atoms with Crippen molar-refractivity contribution in [2.45, 2.75) is 232 Å². The Bertz CT molecular complexity index is 727. The van der Waals surface area contributed by atoms with Gasteiger partial charge in [0.25, 0.3) is 0 Å². The van der Waals surface area contributed by atoms with E-state index in [1.165, 1.54) is 205 Å². The van der Waals surface area contributed by atoms with Gasteiger partial charge in [0, 0.05) is 5.56 Å². The molecule has 0 fully saturated rings. The minimum absolute atomic E-state index is 0.0483. The molecule has 2 heteroatoms. The molecule has 1 rings (SSSR count). The molecular weight excluding hydrogens is 536 g/mol. The Kier molecular flexibility index (Phi) is 29.5. The Balaban J connectivity index is 2.01. The van der Waals surface area contributed by atoms with Crippen LogP contribution in [0.25, 0.3) is 0 Å². The van der Waals surface area contributed by atoms with Crippen LogP contribution in [-0.4, -0.2) is 10.2 Å². The highest BCUT2D eigenvalue weighted by Gasteiger charge is 2.12. The minimum atomic E-state index is 0.0483. The normalized spacial score (nSPS) is 11.5. The highest BCUT2D eigenvalue weighted by atomic mass is 16.3. The van der Waals surface area contributed by atoms with Gasteiger partial charge in [-0.3, -0.25) is 0 Å². The van der Waals surface area contributed by atoms with E-state index in [1.54, 1.807) is 6.07 Å². The summed E-state index contributed by atoms with van der Waals surface area (Å²) in [6.07, 6.45) is 46.2. The van der Waals surface area contributed by atoms with Gasteiger partial charge in [-0.05, 0) is 37.3 Å². The van der Waals surface area contributed by atoms with Crippen molar-refractivity contribution in [1.29, 1.82) is 0 Å². The van der Waals surface area contributed by atoms with Gasteiger partial charge in [0.15, 0.2) is 11.5 Å². The smallest absolute Gasteiger partial charge is 0.160 e. The van der Waals surface area contributed by atoms with Crippen LogP contribution in [0.2, 0.25) is 0 Å². The van der Waals surface area contributed by atoms with Crippen LogP contribution in [0, 0.1) is 0 Å².